The van der Waals surface area contributed by atoms with Crippen LogP contribution in [0, 0.1) is 36.0 Å². The van der Waals surface area contributed by atoms with Crippen molar-refractivity contribution in [3.05, 3.63) is 64.0 Å². The number of amides is 1. The van der Waals surface area contributed by atoms with Crippen LogP contribution in [0.15, 0.2) is 18.2 Å². The normalized spacial score (nSPS) is 13.5. The average Bonchev–Trinajstić information content (AvgIpc) is 2.70. The molecule has 0 bridgehead atoms. The molecule has 0 heterocycles. The van der Waals surface area contributed by atoms with E-state index >= 15 is 0 Å². The van der Waals surface area contributed by atoms with Crippen LogP contribution in [0.5, 0.6) is 0 Å². The molecule has 1 amide bonds. The van der Waals surface area contributed by atoms with Crippen molar-refractivity contribution >= 4 is 17.6 Å². The lowest BCUT2D eigenvalue weighted by molar-refractivity contribution is -0.266. The van der Waals surface area contributed by atoms with Gasteiger partial charge in [0.25, 0.3) is 11.5 Å². The molecular formula is C18H11F8NO4. The summed E-state index contributed by atoms with van der Waals surface area (Å²) in [7, 11) is 0.602. The molecule has 1 atom stereocenters. The zero-order valence-electron chi connectivity index (χ0n) is 15.4. The van der Waals surface area contributed by atoms with Gasteiger partial charge in [-0.15, -0.1) is 0 Å². The van der Waals surface area contributed by atoms with Crippen molar-refractivity contribution < 1.29 is 54.6 Å². The molecule has 0 aliphatic rings. The second kappa shape index (κ2) is 8.13. The second-order valence-electron chi connectivity index (χ2n) is 6.13. The van der Waals surface area contributed by atoms with Gasteiger partial charge < -0.3 is 15.2 Å². The lowest BCUT2D eigenvalue weighted by Gasteiger charge is -2.28. The Balaban J connectivity index is 2.49. The summed E-state index contributed by atoms with van der Waals surface area (Å²) in [6, 6.07) is 1.87. The maximum Gasteiger partial charge on any atom is 0.432 e. The Hall–Kier alpha value is -3.22. The van der Waals surface area contributed by atoms with Gasteiger partial charge >= 0.3 is 12.1 Å². The quantitative estimate of drug-likeness (QED) is 0.317. The third-order valence-electron chi connectivity index (χ3n) is 4.22. The van der Waals surface area contributed by atoms with E-state index in [1.807, 2.05) is 0 Å². The molecule has 2 aromatic rings. The minimum atomic E-state index is -5.51. The van der Waals surface area contributed by atoms with E-state index in [1.165, 1.54) is 0 Å². The highest BCUT2D eigenvalue weighted by atomic mass is 19.4. The number of hydrogen-bond acceptors (Lipinski definition) is 4. The maximum atomic E-state index is 13.7. The largest absolute Gasteiger partial charge is 0.466 e. The van der Waals surface area contributed by atoms with E-state index in [-0.39, 0.29) is 5.56 Å². The van der Waals surface area contributed by atoms with Crippen molar-refractivity contribution in [2.24, 2.45) is 0 Å². The van der Waals surface area contributed by atoms with Crippen molar-refractivity contribution in [2.45, 2.75) is 18.7 Å². The fourth-order valence-corrected chi connectivity index (χ4v) is 2.56. The Kier molecular flexibility index (Phi) is 6.31. The first-order valence-corrected chi connectivity index (χ1v) is 7.99. The molecule has 1 unspecified atom stereocenters. The molecule has 0 fully saturated rings. The summed E-state index contributed by atoms with van der Waals surface area (Å²) in [6.45, 7) is 1.08. The monoisotopic (exact) mass is 457 g/mol. The summed E-state index contributed by atoms with van der Waals surface area (Å²) in [5, 5.41) is 11.7. The number of anilines is 1. The first-order valence-electron chi connectivity index (χ1n) is 7.99. The number of nitrogens with one attached hydrogen (secondary N) is 1. The molecular weight excluding hydrogens is 446 g/mol. The Morgan fingerprint density at radius 3 is 1.84 bits per heavy atom. The number of carbonyl (C=O) groups excluding carboxylic acids is 2. The lowest BCUT2D eigenvalue weighted by atomic mass is 9.91. The van der Waals surface area contributed by atoms with Crippen LogP contribution in [-0.4, -0.2) is 30.3 Å². The molecule has 0 aromatic heterocycles. The summed E-state index contributed by atoms with van der Waals surface area (Å²) in [5.41, 5.74) is -7.58. The number of aryl methyl sites for hydroxylation is 1. The Bertz CT molecular complexity index is 1040. The van der Waals surface area contributed by atoms with E-state index < -0.39 is 69.6 Å². The molecule has 31 heavy (non-hydrogen) atoms. The minimum Gasteiger partial charge on any atom is -0.466 e. The molecule has 2 rings (SSSR count). The number of ether oxygens (including phenoxy) is 1. The van der Waals surface area contributed by atoms with Crippen molar-refractivity contribution in [3.63, 3.8) is 0 Å². The van der Waals surface area contributed by atoms with Gasteiger partial charge in [-0.1, -0.05) is 12.1 Å². The van der Waals surface area contributed by atoms with Crippen LogP contribution in [0.25, 0.3) is 0 Å². The Labute approximate surface area is 168 Å². The van der Waals surface area contributed by atoms with Gasteiger partial charge in [0, 0.05) is 11.3 Å². The molecule has 5 nitrogen and oxygen atoms in total. The summed E-state index contributed by atoms with van der Waals surface area (Å²) >= 11 is 0. The van der Waals surface area contributed by atoms with E-state index in [2.05, 4.69) is 4.74 Å². The van der Waals surface area contributed by atoms with Gasteiger partial charge in [0.05, 0.1) is 7.11 Å². The average molecular weight is 457 g/mol. The predicted molar refractivity (Wildman–Crippen MR) is 87.3 cm³/mol. The van der Waals surface area contributed by atoms with E-state index in [1.54, 1.807) is 5.32 Å². The number of alkyl halides is 3. The number of hydrogen-bond donors (Lipinski definition) is 2. The van der Waals surface area contributed by atoms with Gasteiger partial charge in [-0.05, 0) is 18.6 Å². The third kappa shape index (κ3) is 3.92. The molecule has 0 spiro atoms. The molecule has 0 saturated heterocycles. The molecule has 2 aromatic carbocycles. The van der Waals surface area contributed by atoms with Crippen LogP contribution in [0.3, 0.4) is 0 Å². The number of benzene rings is 2. The highest BCUT2D eigenvalue weighted by molar-refractivity contribution is 6.05. The van der Waals surface area contributed by atoms with E-state index in [0.717, 1.165) is 6.92 Å². The first-order chi connectivity index (χ1) is 14.2. The van der Waals surface area contributed by atoms with Gasteiger partial charge in [0.2, 0.25) is 5.82 Å². The fourth-order valence-electron chi connectivity index (χ4n) is 2.56. The van der Waals surface area contributed by atoms with Crippen LogP contribution in [-0.2, 0) is 15.1 Å². The molecule has 2 N–H and O–H groups in total. The molecule has 0 aliphatic carbocycles. The minimum absolute atomic E-state index is 0.263. The summed E-state index contributed by atoms with van der Waals surface area (Å²) in [4.78, 5) is 23.6. The lowest BCUT2D eigenvalue weighted by Crippen LogP contribution is -2.49. The SMILES string of the molecule is COC(=O)C(O)(c1ccc(NC(=O)c2c(F)c(F)c(F)c(F)c2F)c(C)c1)C(F)(F)F. The zero-order valence-corrected chi connectivity index (χ0v) is 15.4. The van der Waals surface area contributed by atoms with Crippen LogP contribution in [0.1, 0.15) is 21.5 Å². The number of methoxy groups -OCH3 is 1. The number of esters is 1. The van der Waals surface area contributed by atoms with E-state index in [9.17, 15) is 49.8 Å². The molecule has 13 heteroatoms. The van der Waals surface area contributed by atoms with Crippen molar-refractivity contribution in [3.8, 4) is 0 Å². The van der Waals surface area contributed by atoms with E-state index in [4.69, 9.17) is 0 Å². The topological polar surface area (TPSA) is 75.6 Å². The van der Waals surface area contributed by atoms with Crippen LogP contribution in [0.4, 0.5) is 40.8 Å². The summed E-state index contributed by atoms with van der Waals surface area (Å²) in [5.74, 6) is -15.9. The van der Waals surface area contributed by atoms with Gasteiger partial charge in [-0.2, -0.15) is 13.2 Å². The molecule has 0 radical (unpaired) electrons. The fraction of sp³-hybridized carbons (Fsp3) is 0.222. The molecule has 168 valence electrons. The molecule has 0 aliphatic heterocycles. The third-order valence-corrected chi connectivity index (χ3v) is 4.22. The number of halogens is 8. The smallest absolute Gasteiger partial charge is 0.432 e. The zero-order chi connectivity index (χ0) is 23.9. The first kappa shape index (κ1) is 24.1. The van der Waals surface area contributed by atoms with Crippen molar-refractivity contribution in [1.29, 1.82) is 0 Å². The second-order valence-corrected chi connectivity index (χ2v) is 6.13. The maximum absolute atomic E-state index is 13.7. The number of aliphatic hydroxyl groups is 1. The van der Waals surface area contributed by atoms with Crippen LogP contribution < -0.4 is 5.32 Å². The summed E-state index contributed by atoms with van der Waals surface area (Å²) in [6.07, 6.45) is -5.51. The van der Waals surface area contributed by atoms with E-state index in [0.29, 0.717) is 25.3 Å². The van der Waals surface area contributed by atoms with Gasteiger partial charge in [-0.25, -0.2) is 26.7 Å². The Morgan fingerprint density at radius 1 is 0.935 bits per heavy atom. The van der Waals surface area contributed by atoms with Crippen molar-refractivity contribution in [1.82, 2.24) is 0 Å². The number of rotatable bonds is 4. The van der Waals surface area contributed by atoms with Gasteiger partial charge in [0.15, 0.2) is 23.3 Å². The van der Waals surface area contributed by atoms with Gasteiger partial charge in [0.1, 0.15) is 5.56 Å². The highest BCUT2D eigenvalue weighted by Crippen LogP contribution is 2.41. The predicted octanol–water partition coefficient (Wildman–Crippen LogP) is 3.87. The number of carbonyl (C=O) groups is 2. The highest BCUT2D eigenvalue weighted by Gasteiger charge is 2.62. The molecule has 0 saturated carbocycles. The summed E-state index contributed by atoms with van der Waals surface area (Å²) < 4.78 is 111. The van der Waals surface area contributed by atoms with Crippen LogP contribution in [0.2, 0.25) is 0 Å². The van der Waals surface area contributed by atoms with Crippen LogP contribution >= 0.6 is 0 Å². The standard InChI is InChI=1S/C18H11F8NO4/c1-6-5-7(17(30,16(29)31-2)18(24,25)26)3-4-8(6)27-15(28)9-10(19)12(21)14(23)13(22)11(9)20/h3-5,30H,1-2H3,(H,27,28). The Morgan fingerprint density at radius 2 is 1.42 bits per heavy atom. The van der Waals surface area contributed by atoms with Crippen molar-refractivity contribution in [2.75, 3.05) is 12.4 Å². The van der Waals surface area contributed by atoms with Gasteiger partial charge in [-0.3, -0.25) is 4.79 Å².